The molecule has 0 N–H and O–H groups in total. The zero-order valence-corrected chi connectivity index (χ0v) is 14.2. The summed E-state index contributed by atoms with van der Waals surface area (Å²) in [6.07, 6.45) is 11.3. The van der Waals surface area contributed by atoms with Crippen LogP contribution in [0.25, 0.3) is 24.3 Å². The molecule has 24 heavy (non-hydrogen) atoms. The smallest absolute Gasteiger partial charge is 0.0820 e. The molecular formula is C20H14Cl2N2. The van der Waals surface area contributed by atoms with Crippen LogP contribution in [0.5, 0.6) is 0 Å². The van der Waals surface area contributed by atoms with Crippen molar-refractivity contribution in [2.24, 2.45) is 0 Å². The van der Waals surface area contributed by atoms with E-state index in [1.165, 1.54) is 0 Å². The van der Waals surface area contributed by atoms with E-state index in [0.717, 1.165) is 32.6 Å². The first-order valence-electron chi connectivity index (χ1n) is 7.38. The van der Waals surface area contributed by atoms with Crippen molar-refractivity contribution >= 4 is 47.5 Å². The van der Waals surface area contributed by atoms with Crippen LogP contribution in [0.1, 0.15) is 22.5 Å². The maximum atomic E-state index is 5.88. The van der Waals surface area contributed by atoms with E-state index >= 15 is 0 Å². The van der Waals surface area contributed by atoms with Crippen molar-refractivity contribution in [3.63, 3.8) is 0 Å². The topological polar surface area (TPSA) is 25.8 Å². The Morgan fingerprint density at radius 2 is 1.00 bits per heavy atom. The minimum absolute atomic E-state index is 0.723. The highest BCUT2D eigenvalue weighted by Gasteiger charge is 1.94. The lowest BCUT2D eigenvalue weighted by atomic mass is 10.2. The minimum Gasteiger partial charge on any atom is -0.260 e. The number of halogens is 2. The van der Waals surface area contributed by atoms with Crippen molar-refractivity contribution in [3.05, 3.63) is 93.5 Å². The van der Waals surface area contributed by atoms with Gasteiger partial charge in [-0.25, -0.2) is 4.98 Å². The molecule has 0 radical (unpaired) electrons. The maximum Gasteiger partial charge on any atom is 0.0820 e. The second kappa shape index (κ2) is 7.91. The van der Waals surface area contributed by atoms with E-state index in [9.17, 15) is 0 Å². The van der Waals surface area contributed by atoms with Gasteiger partial charge in [0.15, 0.2) is 0 Å². The number of aromatic nitrogens is 2. The minimum atomic E-state index is 0.723. The molecular weight excluding hydrogens is 339 g/mol. The summed E-state index contributed by atoms with van der Waals surface area (Å²) in [7, 11) is 0. The van der Waals surface area contributed by atoms with Crippen LogP contribution in [0.4, 0.5) is 0 Å². The molecule has 2 aromatic carbocycles. The number of nitrogens with zero attached hydrogens (tertiary/aromatic N) is 2. The van der Waals surface area contributed by atoms with Gasteiger partial charge in [-0.15, -0.1) is 0 Å². The fourth-order valence-corrected chi connectivity index (χ4v) is 2.32. The largest absolute Gasteiger partial charge is 0.260 e. The summed E-state index contributed by atoms with van der Waals surface area (Å²) in [5, 5.41) is 1.45. The van der Waals surface area contributed by atoms with Crippen LogP contribution in [0.15, 0.2) is 60.9 Å². The van der Waals surface area contributed by atoms with Gasteiger partial charge in [0, 0.05) is 10.0 Å². The van der Waals surface area contributed by atoms with Gasteiger partial charge in [0.2, 0.25) is 0 Å². The lowest BCUT2D eigenvalue weighted by Gasteiger charge is -1.97. The molecule has 0 bridgehead atoms. The summed E-state index contributed by atoms with van der Waals surface area (Å²) in [5.74, 6) is 0. The van der Waals surface area contributed by atoms with Crippen molar-refractivity contribution in [2.75, 3.05) is 0 Å². The molecule has 0 fully saturated rings. The SMILES string of the molecule is Clc1ccc(C=Cc2cncc(C=Cc3ccc(Cl)cc3)n2)cc1. The quantitative estimate of drug-likeness (QED) is 0.564. The molecule has 0 spiro atoms. The average molecular weight is 353 g/mol. The highest BCUT2D eigenvalue weighted by Crippen LogP contribution is 2.13. The summed E-state index contributed by atoms with van der Waals surface area (Å²) >= 11 is 11.8. The van der Waals surface area contributed by atoms with Gasteiger partial charge in [0.25, 0.3) is 0 Å². The molecule has 0 aliphatic carbocycles. The van der Waals surface area contributed by atoms with Gasteiger partial charge in [-0.3, -0.25) is 4.98 Å². The van der Waals surface area contributed by atoms with E-state index in [4.69, 9.17) is 23.2 Å². The van der Waals surface area contributed by atoms with Crippen LogP contribution in [-0.4, -0.2) is 9.97 Å². The molecule has 0 saturated heterocycles. The zero-order valence-electron chi connectivity index (χ0n) is 12.7. The van der Waals surface area contributed by atoms with Crippen LogP contribution in [0, 0.1) is 0 Å². The van der Waals surface area contributed by atoms with Gasteiger partial charge >= 0.3 is 0 Å². The van der Waals surface area contributed by atoms with Gasteiger partial charge < -0.3 is 0 Å². The number of hydrogen-bond acceptors (Lipinski definition) is 2. The van der Waals surface area contributed by atoms with Crippen molar-refractivity contribution in [2.45, 2.75) is 0 Å². The molecule has 3 rings (SSSR count). The van der Waals surface area contributed by atoms with Crippen LogP contribution in [0.3, 0.4) is 0 Å². The molecule has 3 aromatic rings. The average Bonchev–Trinajstić information content (AvgIpc) is 2.61. The van der Waals surface area contributed by atoms with Crippen LogP contribution < -0.4 is 0 Å². The standard InChI is InChI=1S/C20H14Cl2N2/c21-17-7-1-15(2-8-17)5-11-19-13-23-14-20(24-19)12-6-16-3-9-18(22)10-4-16/h1-14H. The summed E-state index contributed by atoms with van der Waals surface area (Å²) in [6.45, 7) is 0. The third kappa shape index (κ3) is 4.79. The Hall–Kier alpha value is -2.42. The second-order valence-corrected chi connectivity index (χ2v) is 6.01. The van der Waals surface area contributed by atoms with E-state index in [1.807, 2.05) is 72.8 Å². The Kier molecular flexibility index (Phi) is 5.42. The normalized spacial score (nSPS) is 11.4. The fourth-order valence-electron chi connectivity index (χ4n) is 2.07. The van der Waals surface area contributed by atoms with Gasteiger partial charge in [0.1, 0.15) is 0 Å². The zero-order chi connectivity index (χ0) is 16.8. The van der Waals surface area contributed by atoms with E-state index in [-0.39, 0.29) is 0 Å². The molecule has 0 unspecified atom stereocenters. The van der Waals surface area contributed by atoms with E-state index in [1.54, 1.807) is 12.4 Å². The molecule has 1 heterocycles. The number of hydrogen-bond donors (Lipinski definition) is 0. The molecule has 118 valence electrons. The van der Waals surface area contributed by atoms with Gasteiger partial charge in [-0.05, 0) is 47.5 Å². The Morgan fingerprint density at radius 3 is 1.42 bits per heavy atom. The molecule has 1 aromatic heterocycles. The lowest BCUT2D eigenvalue weighted by molar-refractivity contribution is 1.16. The summed E-state index contributed by atoms with van der Waals surface area (Å²) in [5.41, 5.74) is 3.71. The second-order valence-electron chi connectivity index (χ2n) is 5.14. The molecule has 4 heteroatoms. The van der Waals surface area contributed by atoms with Crippen LogP contribution in [0.2, 0.25) is 10.0 Å². The van der Waals surface area contributed by atoms with Crippen molar-refractivity contribution in [1.82, 2.24) is 9.97 Å². The van der Waals surface area contributed by atoms with Gasteiger partial charge in [-0.1, -0.05) is 59.6 Å². The van der Waals surface area contributed by atoms with E-state index in [2.05, 4.69) is 9.97 Å². The molecule has 0 atom stereocenters. The number of rotatable bonds is 4. The first-order chi connectivity index (χ1) is 11.7. The van der Waals surface area contributed by atoms with Gasteiger partial charge in [-0.2, -0.15) is 0 Å². The van der Waals surface area contributed by atoms with Crippen molar-refractivity contribution in [3.8, 4) is 0 Å². The summed E-state index contributed by atoms with van der Waals surface area (Å²) in [6, 6.07) is 15.3. The molecule has 0 saturated carbocycles. The lowest BCUT2D eigenvalue weighted by Crippen LogP contribution is -1.87. The highest BCUT2D eigenvalue weighted by molar-refractivity contribution is 6.30. The Balaban J connectivity index is 1.74. The van der Waals surface area contributed by atoms with E-state index < -0.39 is 0 Å². The first kappa shape index (κ1) is 16.4. The Labute approximate surface area is 151 Å². The molecule has 2 nitrogen and oxygen atoms in total. The summed E-state index contributed by atoms with van der Waals surface area (Å²) in [4.78, 5) is 8.78. The van der Waals surface area contributed by atoms with Crippen LogP contribution in [-0.2, 0) is 0 Å². The van der Waals surface area contributed by atoms with E-state index in [0.29, 0.717) is 0 Å². The summed E-state index contributed by atoms with van der Waals surface area (Å²) < 4.78 is 0. The predicted octanol–water partition coefficient (Wildman–Crippen LogP) is 6.12. The number of benzene rings is 2. The third-order valence-electron chi connectivity index (χ3n) is 3.30. The Bertz CT molecular complexity index is 796. The maximum absolute atomic E-state index is 5.88. The van der Waals surface area contributed by atoms with Gasteiger partial charge in [0.05, 0.1) is 23.8 Å². The monoisotopic (exact) mass is 352 g/mol. The molecule has 0 amide bonds. The predicted molar refractivity (Wildman–Crippen MR) is 103 cm³/mol. The third-order valence-corrected chi connectivity index (χ3v) is 3.81. The Morgan fingerprint density at radius 1 is 0.583 bits per heavy atom. The van der Waals surface area contributed by atoms with Crippen LogP contribution >= 0.6 is 23.2 Å². The van der Waals surface area contributed by atoms with Crippen molar-refractivity contribution in [1.29, 1.82) is 0 Å². The molecule has 0 aliphatic heterocycles. The highest BCUT2D eigenvalue weighted by atomic mass is 35.5. The molecule has 0 aliphatic rings. The van der Waals surface area contributed by atoms with Crippen molar-refractivity contribution < 1.29 is 0 Å². The first-order valence-corrected chi connectivity index (χ1v) is 8.14. The fraction of sp³-hybridized carbons (Fsp3) is 0.